The fourth-order valence-corrected chi connectivity index (χ4v) is 4.33. The molecule has 2 unspecified atom stereocenters. The van der Waals surface area contributed by atoms with Gasteiger partial charge in [0, 0.05) is 7.11 Å². The predicted molar refractivity (Wildman–Crippen MR) is 82.8 cm³/mol. The number of benzene rings is 1. The summed E-state index contributed by atoms with van der Waals surface area (Å²) < 4.78 is 5.97. The van der Waals surface area contributed by atoms with E-state index >= 15 is 0 Å². The molecule has 0 bridgehead atoms. The minimum atomic E-state index is 0.120. The number of piperidine rings is 1. The van der Waals surface area contributed by atoms with Crippen molar-refractivity contribution < 1.29 is 4.74 Å². The van der Waals surface area contributed by atoms with Crippen LogP contribution in [0.25, 0.3) is 0 Å². The van der Waals surface area contributed by atoms with Crippen LogP contribution in [0.3, 0.4) is 0 Å². The highest BCUT2D eigenvalue weighted by atomic mass is 16.5. The zero-order valence-electron chi connectivity index (χ0n) is 12.7. The van der Waals surface area contributed by atoms with Crippen LogP contribution >= 0.6 is 0 Å². The largest absolute Gasteiger partial charge is 0.379 e. The maximum absolute atomic E-state index is 5.97. The van der Waals surface area contributed by atoms with Gasteiger partial charge in [-0.15, -0.1) is 0 Å². The lowest BCUT2D eigenvalue weighted by molar-refractivity contribution is -0.0913. The molecule has 1 saturated carbocycles. The van der Waals surface area contributed by atoms with Gasteiger partial charge in [0.15, 0.2) is 0 Å². The molecule has 0 radical (unpaired) electrons. The minimum Gasteiger partial charge on any atom is -0.379 e. The lowest BCUT2D eigenvalue weighted by atomic mass is 9.72. The van der Waals surface area contributed by atoms with Gasteiger partial charge < -0.3 is 4.74 Å². The molecule has 1 aromatic rings. The average Bonchev–Trinajstić information content (AvgIpc) is 2.56. The fraction of sp³-hybridized carbons (Fsp3) is 0.667. The summed E-state index contributed by atoms with van der Waals surface area (Å²) in [5, 5.41) is 0. The van der Waals surface area contributed by atoms with Gasteiger partial charge in [0.05, 0.1) is 11.6 Å². The van der Waals surface area contributed by atoms with Crippen LogP contribution in [-0.4, -0.2) is 31.2 Å². The van der Waals surface area contributed by atoms with E-state index in [1.54, 1.807) is 0 Å². The van der Waals surface area contributed by atoms with Gasteiger partial charge in [0.1, 0.15) is 0 Å². The van der Waals surface area contributed by atoms with Crippen molar-refractivity contribution in [2.24, 2.45) is 0 Å². The SMILES string of the molecule is COC1CCCCC1(c1ccccc1)N1CCCCC1. The van der Waals surface area contributed by atoms with Crippen molar-refractivity contribution in [1.82, 2.24) is 4.90 Å². The van der Waals surface area contributed by atoms with Gasteiger partial charge in [-0.1, -0.05) is 49.6 Å². The van der Waals surface area contributed by atoms with E-state index in [0.717, 1.165) is 0 Å². The molecule has 2 fully saturated rings. The summed E-state index contributed by atoms with van der Waals surface area (Å²) in [6, 6.07) is 11.1. The Hall–Kier alpha value is -0.860. The lowest BCUT2D eigenvalue weighted by Crippen LogP contribution is -2.57. The number of likely N-dealkylation sites (tertiary alicyclic amines) is 1. The molecule has 20 heavy (non-hydrogen) atoms. The molecule has 0 amide bonds. The summed E-state index contributed by atoms with van der Waals surface area (Å²) in [4.78, 5) is 2.74. The second kappa shape index (κ2) is 6.28. The van der Waals surface area contributed by atoms with Gasteiger partial charge in [-0.3, -0.25) is 4.90 Å². The van der Waals surface area contributed by atoms with E-state index in [0.29, 0.717) is 6.10 Å². The van der Waals surface area contributed by atoms with Gasteiger partial charge >= 0.3 is 0 Å². The average molecular weight is 273 g/mol. The zero-order chi connectivity index (χ0) is 13.8. The highest BCUT2D eigenvalue weighted by molar-refractivity contribution is 5.27. The molecule has 2 aliphatic rings. The Bertz CT molecular complexity index is 413. The number of ether oxygens (including phenoxy) is 1. The molecule has 1 aromatic carbocycles. The Labute approximate surface area is 123 Å². The first-order valence-electron chi connectivity index (χ1n) is 8.21. The maximum atomic E-state index is 5.97. The molecule has 1 aliphatic carbocycles. The minimum absolute atomic E-state index is 0.120. The first kappa shape index (κ1) is 14.1. The summed E-state index contributed by atoms with van der Waals surface area (Å²) in [6.45, 7) is 2.46. The highest BCUT2D eigenvalue weighted by Gasteiger charge is 2.47. The lowest BCUT2D eigenvalue weighted by Gasteiger charge is -2.52. The van der Waals surface area contributed by atoms with Gasteiger partial charge in [0.2, 0.25) is 0 Å². The quantitative estimate of drug-likeness (QED) is 0.826. The molecule has 110 valence electrons. The molecular weight excluding hydrogens is 246 g/mol. The van der Waals surface area contributed by atoms with Crippen LogP contribution in [0, 0.1) is 0 Å². The fourth-order valence-electron chi connectivity index (χ4n) is 4.33. The summed E-state index contributed by atoms with van der Waals surface area (Å²) in [6.07, 6.45) is 9.48. The molecule has 1 saturated heterocycles. The first-order chi connectivity index (χ1) is 9.88. The summed E-state index contributed by atoms with van der Waals surface area (Å²) >= 11 is 0. The Morgan fingerprint density at radius 1 is 1.00 bits per heavy atom. The molecule has 0 N–H and O–H groups in total. The molecule has 2 heteroatoms. The summed E-state index contributed by atoms with van der Waals surface area (Å²) in [5.41, 5.74) is 1.59. The smallest absolute Gasteiger partial charge is 0.0796 e. The van der Waals surface area contributed by atoms with Crippen LogP contribution in [0.4, 0.5) is 0 Å². The number of methoxy groups -OCH3 is 1. The van der Waals surface area contributed by atoms with Crippen LogP contribution in [0.2, 0.25) is 0 Å². The van der Waals surface area contributed by atoms with Crippen molar-refractivity contribution in [3.05, 3.63) is 35.9 Å². The second-order valence-electron chi connectivity index (χ2n) is 6.31. The van der Waals surface area contributed by atoms with Crippen LogP contribution in [-0.2, 0) is 10.3 Å². The Morgan fingerprint density at radius 2 is 1.75 bits per heavy atom. The van der Waals surface area contributed by atoms with Crippen molar-refractivity contribution >= 4 is 0 Å². The highest BCUT2D eigenvalue weighted by Crippen LogP contribution is 2.44. The number of rotatable bonds is 3. The molecule has 0 aromatic heterocycles. The van der Waals surface area contributed by atoms with Gasteiger partial charge in [0.25, 0.3) is 0 Å². The second-order valence-corrected chi connectivity index (χ2v) is 6.31. The molecule has 1 heterocycles. The topological polar surface area (TPSA) is 12.5 Å². The van der Waals surface area contributed by atoms with E-state index in [1.165, 1.54) is 63.6 Å². The van der Waals surface area contributed by atoms with Crippen molar-refractivity contribution in [2.75, 3.05) is 20.2 Å². The third kappa shape index (κ3) is 2.40. The Morgan fingerprint density at radius 3 is 2.45 bits per heavy atom. The van der Waals surface area contributed by atoms with E-state index in [-0.39, 0.29) is 5.54 Å². The van der Waals surface area contributed by atoms with Gasteiger partial charge in [-0.2, -0.15) is 0 Å². The Balaban J connectivity index is 2.01. The van der Waals surface area contributed by atoms with Crippen LogP contribution in [0.5, 0.6) is 0 Å². The third-order valence-corrected chi connectivity index (χ3v) is 5.29. The molecule has 1 aliphatic heterocycles. The predicted octanol–water partition coefficient (Wildman–Crippen LogP) is 3.96. The molecule has 0 spiro atoms. The summed E-state index contributed by atoms with van der Waals surface area (Å²) in [5.74, 6) is 0. The molecular formula is C18H27NO. The van der Waals surface area contributed by atoms with Crippen LogP contribution in [0.15, 0.2) is 30.3 Å². The number of hydrogen-bond acceptors (Lipinski definition) is 2. The van der Waals surface area contributed by atoms with Crippen molar-refractivity contribution in [1.29, 1.82) is 0 Å². The molecule has 3 rings (SSSR count). The van der Waals surface area contributed by atoms with Crippen molar-refractivity contribution in [3.63, 3.8) is 0 Å². The molecule has 2 atom stereocenters. The van der Waals surface area contributed by atoms with E-state index in [2.05, 4.69) is 35.2 Å². The normalized spacial score (nSPS) is 32.1. The van der Waals surface area contributed by atoms with E-state index in [9.17, 15) is 0 Å². The standard InChI is InChI=1S/C18H27NO/c1-20-17-12-6-7-13-18(17,16-10-4-2-5-11-16)19-14-8-3-9-15-19/h2,4-5,10-11,17H,3,6-9,12-15H2,1H3. The van der Waals surface area contributed by atoms with Gasteiger partial charge in [-0.25, -0.2) is 0 Å². The monoisotopic (exact) mass is 273 g/mol. The van der Waals surface area contributed by atoms with E-state index in [4.69, 9.17) is 4.74 Å². The van der Waals surface area contributed by atoms with E-state index in [1.807, 2.05) is 7.11 Å². The maximum Gasteiger partial charge on any atom is 0.0796 e. The number of hydrogen-bond donors (Lipinski definition) is 0. The van der Waals surface area contributed by atoms with Gasteiger partial charge in [-0.05, 0) is 44.3 Å². The molecule has 2 nitrogen and oxygen atoms in total. The Kier molecular flexibility index (Phi) is 4.42. The zero-order valence-corrected chi connectivity index (χ0v) is 12.7. The van der Waals surface area contributed by atoms with E-state index < -0.39 is 0 Å². The third-order valence-electron chi connectivity index (χ3n) is 5.29. The first-order valence-corrected chi connectivity index (χ1v) is 8.21. The summed E-state index contributed by atoms with van der Waals surface area (Å²) in [7, 11) is 1.90. The van der Waals surface area contributed by atoms with Crippen LogP contribution in [0.1, 0.15) is 50.5 Å². The van der Waals surface area contributed by atoms with Crippen molar-refractivity contribution in [2.45, 2.75) is 56.6 Å². The van der Waals surface area contributed by atoms with Crippen LogP contribution < -0.4 is 0 Å². The number of nitrogens with zero attached hydrogens (tertiary/aromatic N) is 1. The van der Waals surface area contributed by atoms with Crippen molar-refractivity contribution in [3.8, 4) is 0 Å².